The summed E-state index contributed by atoms with van der Waals surface area (Å²) in [5, 5.41) is 8.66. The van der Waals surface area contributed by atoms with E-state index in [0.717, 1.165) is 0 Å². The van der Waals surface area contributed by atoms with Crippen molar-refractivity contribution in [3.8, 4) is 5.75 Å². The van der Waals surface area contributed by atoms with E-state index in [1.165, 1.54) is 13.2 Å². The minimum Gasteiger partial charge on any atom is -0.493 e. The van der Waals surface area contributed by atoms with Gasteiger partial charge in [-0.2, -0.15) is 4.39 Å². The fourth-order valence-corrected chi connectivity index (χ4v) is 1.75. The van der Waals surface area contributed by atoms with Crippen molar-refractivity contribution in [2.45, 2.75) is 12.8 Å². The zero-order valence-corrected chi connectivity index (χ0v) is 9.77. The topological polar surface area (TPSA) is 29.5 Å². The monoisotopic (exact) mass is 280 g/mol. The van der Waals surface area contributed by atoms with Crippen LogP contribution in [0, 0.1) is 11.6 Å². The number of methoxy groups -OCH3 is 1. The van der Waals surface area contributed by atoms with Gasteiger partial charge in [0, 0.05) is 6.61 Å². The maximum Gasteiger partial charge on any atom is 0.202 e. The Morgan fingerprint density at radius 3 is 2.60 bits per heavy atom. The van der Waals surface area contributed by atoms with Gasteiger partial charge in [0.15, 0.2) is 11.6 Å². The number of hydrogen-bond acceptors (Lipinski definition) is 2. The van der Waals surface area contributed by atoms with Gasteiger partial charge in [-0.3, -0.25) is 0 Å². The highest BCUT2D eigenvalue weighted by Gasteiger charge is 2.17. The molecule has 0 saturated carbocycles. The average molecular weight is 281 g/mol. The minimum atomic E-state index is -1.00. The summed E-state index contributed by atoms with van der Waals surface area (Å²) < 4.78 is 31.3. The first kappa shape index (κ1) is 12.4. The van der Waals surface area contributed by atoms with Crippen LogP contribution in [-0.2, 0) is 6.42 Å². The normalized spacial score (nSPS) is 10.5. The predicted octanol–water partition coefficient (Wildman–Crippen LogP) is 2.66. The Balaban J connectivity index is 3.13. The van der Waals surface area contributed by atoms with Gasteiger partial charge in [-0.1, -0.05) is 0 Å². The second kappa shape index (κ2) is 5.42. The van der Waals surface area contributed by atoms with Crippen molar-refractivity contribution >= 4 is 15.9 Å². The summed E-state index contributed by atoms with van der Waals surface area (Å²) in [7, 11) is 1.29. The Labute approximate surface area is 95.0 Å². The molecule has 1 aromatic rings. The lowest BCUT2D eigenvalue weighted by molar-refractivity contribution is 0.287. The first-order valence-electron chi connectivity index (χ1n) is 4.43. The van der Waals surface area contributed by atoms with Crippen molar-refractivity contribution in [2.24, 2.45) is 0 Å². The molecule has 0 atom stereocenters. The highest BCUT2D eigenvalue weighted by Crippen LogP contribution is 2.31. The van der Waals surface area contributed by atoms with Crippen molar-refractivity contribution in [3.63, 3.8) is 0 Å². The Hall–Kier alpha value is -0.680. The standard InChI is InChI=1S/C10H11BrF2O2/c1-15-10-6(3-2-4-14)5-7(11)8(12)9(10)13/h5,14H,2-4H2,1H3. The number of ether oxygens (including phenoxy) is 1. The summed E-state index contributed by atoms with van der Waals surface area (Å²) in [5.41, 5.74) is 0.539. The van der Waals surface area contributed by atoms with E-state index in [9.17, 15) is 8.78 Å². The fraction of sp³-hybridized carbons (Fsp3) is 0.400. The molecular formula is C10H11BrF2O2. The zero-order chi connectivity index (χ0) is 11.4. The molecule has 0 aliphatic heterocycles. The molecule has 15 heavy (non-hydrogen) atoms. The molecular weight excluding hydrogens is 270 g/mol. The third-order valence-corrected chi connectivity index (χ3v) is 2.58. The van der Waals surface area contributed by atoms with Crippen LogP contribution in [0.3, 0.4) is 0 Å². The lowest BCUT2D eigenvalue weighted by Gasteiger charge is -2.10. The zero-order valence-electron chi connectivity index (χ0n) is 8.19. The van der Waals surface area contributed by atoms with Gasteiger partial charge in [-0.15, -0.1) is 0 Å². The van der Waals surface area contributed by atoms with E-state index < -0.39 is 11.6 Å². The van der Waals surface area contributed by atoms with E-state index >= 15 is 0 Å². The van der Waals surface area contributed by atoms with Crippen LogP contribution in [0.4, 0.5) is 8.78 Å². The van der Waals surface area contributed by atoms with E-state index in [0.29, 0.717) is 18.4 Å². The highest BCUT2D eigenvalue weighted by molar-refractivity contribution is 9.10. The van der Waals surface area contributed by atoms with Crippen molar-refractivity contribution < 1.29 is 18.6 Å². The Morgan fingerprint density at radius 1 is 1.40 bits per heavy atom. The van der Waals surface area contributed by atoms with Crippen LogP contribution in [0.1, 0.15) is 12.0 Å². The quantitative estimate of drug-likeness (QED) is 0.860. The van der Waals surface area contributed by atoms with Crippen LogP contribution in [0.5, 0.6) is 5.75 Å². The van der Waals surface area contributed by atoms with Gasteiger partial charge in [0.1, 0.15) is 0 Å². The number of rotatable bonds is 4. The van der Waals surface area contributed by atoms with Gasteiger partial charge in [0.2, 0.25) is 5.82 Å². The Kier molecular flexibility index (Phi) is 4.47. The molecule has 84 valence electrons. The summed E-state index contributed by atoms with van der Waals surface area (Å²) >= 11 is 2.92. The fourth-order valence-electron chi connectivity index (χ4n) is 1.30. The molecule has 1 aromatic carbocycles. The van der Waals surface area contributed by atoms with Crippen molar-refractivity contribution in [2.75, 3.05) is 13.7 Å². The molecule has 1 N–H and O–H groups in total. The first-order valence-corrected chi connectivity index (χ1v) is 5.22. The van der Waals surface area contributed by atoms with E-state index in [2.05, 4.69) is 15.9 Å². The number of aryl methyl sites for hydroxylation is 1. The largest absolute Gasteiger partial charge is 0.493 e. The van der Waals surface area contributed by atoms with E-state index in [1.54, 1.807) is 0 Å². The summed E-state index contributed by atoms with van der Waals surface area (Å²) in [6.45, 7) is -0.000229. The van der Waals surface area contributed by atoms with E-state index in [-0.39, 0.29) is 16.8 Å². The Morgan fingerprint density at radius 2 is 2.07 bits per heavy atom. The second-order valence-corrected chi connectivity index (χ2v) is 3.86. The summed E-state index contributed by atoms with van der Waals surface area (Å²) in [6, 6.07) is 1.47. The average Bonchev–Trinajstić information content (AvgIpc) is 2.23. The van der Waals surface area contributed by atoms with Gasteiger partial charge in [0.05, 0.1) is 11.6 Å². The Bertz CT molecular complexity index is 356. The molecule has 0 radical (unpaired) electrons. The SMILES string of the molecule is COc1c(CCCO)cc(Br)c(F)c1F. The summed E-state index contributed by atoms with van der Waals surface area (Å²) in [4.78, 5) is 0. The molecule has 0 fully saturated rings. The third kappa shape index (κ3) is 2.66. The van der Waals surface area contributed by atoms with E-state index in [4.69, 9.17) is 9.84 Å². The molecule has 0 aliphatic carbocycles. The number of hydrogen-bond donors (Lipinski definition) is 1. The second-order valence-electron chi connectivity index (χ2n) is 3.01. The molecule has 1 rings (SSSR count). The van der Waals surface area contributed by atoms with Crippen LogP contribution in [-0.4, -0.2) is 18.8 Å². The van der Waals surface area contributed by atoms with Crippen LogP contribution < -0.4 is 4.74 Å². The smallest absolute Gasteiger partial charge is 0.202 e. The number of aliphatic hydroxyl groups is 1. The van der Waals surface area contributed by atoms with Crippen LogP contribution in [0.2, 0.25) is 0 Å². The molecule has 0 spiro atoms. The van der Waals surface area contributed by atoms with Gasteiger partial charge < -0.3 is 9.84 Å². The lowest BCUT2D eigenvalue weighted by Crippen LogP contribution is -2.00. The molecule has 0 aromatic heterocycles. The minimum absolute atomic E-state index is 0.000229. The molecule has 5 heteroatoms. The summed E-state index contributed by atoms with van der Waals surface area (Å²) in [5.74, 6) is -2.05. The van der Waals surface area contributed by atoms with Crippen LogP contribution >= 0.6 is 15.9 Å². The first-order chi connectivity index (χ1) is 7.11. The van der Waals surface area contributed by atoms with Gasteiger partial charge >= 0.3 is 0 Å². The maximum atomic E-state index is 13.4. The van der Waals surface area contributed by atoms with Crippen molar-refractivity contribution in [1.82, 2.24) is 0 Å². The van der Waals surface area contributed by atoms with Gasteiger partial charge in [0.25, 0.3) is 0 Å². The van der Waals surface area contributed by atoms with Gasteiger partial charge in [-0.05, 0) is 40.4 Å². The number of benzene rings is 1. The van der Waals surface area contributed by atoms with Crippen LogP contribution in [0.15, 0.2) is 10.5 Å². The number of halogens is 3. The third-order valence-electron chi connectivity index (χ3n) is 2.00. The molecule has 0 saturated heterocycles. The highest BCUT2D eigenvalue weighted by atomic mass is 79.9. The van der Waals surface area contributed by atoms with Crippen molar-refractivity contribution in [1.29, 1.82) is 0 Å². The van der Waals surface area contributed by atoms with Crippen LogP contribution in [0.25, 0.3) is 0 Å². The predicted molar refractivity (Wildman–Crippen MR) is 56.0 cm³/mol. The molecule has 0 unspecified atom stereocenters. The molecule has 0 aliphatic rings. The molecule has 0 bridgehead atoms. The molecule has 0 heterocycles. The lowest BCUT2D eigenvalue weighted by atomic mass is 10.1. The van der Waals surface area contributed by atoms with Gasteiger partial charge in [-0.25, -0.2) is 4.39 Å². The number of aliphatic hydroxyl groups excluding tert-OH is 1. The maximum absolute atomic E-state index is 13.4. The molecule has 2 nitrogen and oxygen atoms in total. The van der Waals surface area contributed by atoms with Crippen molar-refractivity contribution in [3.05, 3.63) is 27.7 Å². The molecule has 0 amide bonds. The summed E-state index contributed by atoms with van der Waals surface area (Å²) in [6.07, 6.45) is 0.920. The van der Waals surface area contributed by atoms with E-state index in [1.807, 2.05) is 0 Å².